The summed E-state index contributed by atoms with van der Waals surface area (Å²) in [6, 6.07) is 9.12. The molecule has 1 aliphatic heterocycles. The van der Waals surface area contributed by atoms with Gasteiger partial charge in [-0.2, -0.15) is 13.2 Å². The summed E-state index contributed by atoms with van der Waals surface area (Å²) in [5.41, 5.74) is 1.76. The molecule has 2 unspecified atom stereocenters. The van der Waals surface area contributed by atoms with Crippen LogP contribution in [0.2, 0.25) is 0 Å². The summed E-state index contributed by atoms with van der Waals surface area (Å²) in [5, 5.41) is 12.3. The summed E-state index contributed by atoms with van der Waals surface area (Å²) in [6.45, 7) is 10.3. The maximum absolute atomic E-state index is 13.8. The number of allylic oxidation sites excluding steroid dienone is 1. The van der Waals surface area contributed by atoms with E-state index in [2.05, 4.69) is 68.1 Å². The number of ether oxygens (including phenoxy) is 2. The smallest absolute Gasteiger partial charge is 0.437 e. The molecule has 1 N–H and O–H groups in total. The number of thioether (sulfide) groups is 1. The molecule has 0 spiro atoms. The van der Waals surface area contributed by atoms with Crippen LogP contribution in [0.1, 0.15) is 50.1 Å². The standard InChI is InChI=1S/C35H42F3N7O3S/c1-25(2)44-20-18-43(19-21-44)17-16-40-34(46)48-31(35(36,37)38)14-12-27-11-13-29(22-26(27)3)47-24-32-41-42-33(49-30-9-5-4-6-10-30)45(32)28-8-7-15-39-23-28/h5,7-9,11,13,15,22-23,25,30-31H,4,6,10,16-21,24H2,1-3H3,(H,40,46). The fraction of sp³-hybridized carbons (Fsp3) is 0.486. The average Bonchev–Trinajstić information content (AvgIpc) is 3.48. The number of pyridine rings is 1. The van der Waals surface area contributed by atoms with Crippen molar-refractivity contribution in [2.45, 2.75) is 75.4 Å². The van der Waals surface area contributed by atoms with Crippen molar-refractivity contribution in [1.82, 2.24) is 34.9 Å². The molecule has 0 saturated carbocycles. The average molecular weight is 698 g/mol. The van der Waals surface area contributed by atoms with E-state index >= 15 is 0 Å². The molecule has 3 aromatic rings. The maximum atomic E-state index is 13.8. The first-order chi connectivity index (χ1) is 23.6. The predicted octanol–water partition coefficient (Wildman–Crippen LogP) is 5.79. The van der Waals surface area contributed by atoms with Crippen molar-refractivity contribution < 1.29 is 27.4 Å². The van der Waals surface area contributed by atoms with Crippen molar-refractivity contribution in [3.63, 3.8) is 0 Å². The fourth-order valence-corrected chi connectivity index (χ4v) is 6.68. The lowest BCUT2D eigenvalue weighted by atomic mass is 10.1. The van der Waals surface area contributed by atoms with Gasteiger partial charge >= 0.3 is 12.3 Å². The van der Waals surface area contributed by atoms with Gasteiger partial charge < -0.3 is 14.8 Å². The van der Waals surface area contributed by atoms with E-state index in [1.54, 1.807) is 49.3 Å². The minimum atomic E-state index is -4.86. The second-order valence-electron chi connectivity index (χ2n) is 12.2. The molecule has 262 valence electrons. The summed E-state index contributed by atoms with van der Waals surface area (Å²) in [4.78, 5) is 21.0. The molecule has 1 fully saturated rings. The van der Waals surface area contributed by atoms with Gasteiger partial charge in [-0.15, -0.1) is 10.2 Å². The quantitative estimate of drug-likeness (QED) is 0.198. The molecule has 2 aliphatic rings. The van der Waals surface area contributed by atoms with Gasteiger partial charge in [-0.3, -0.25) is 19.4 Å². The van der Waals surface area contributed by atoms with Crippen molar-refractivity contribution in [3.8, 4) is 23.3 Å². The lowest BCUT2D eigenvalue weighted by Gasteiger charge is -2.36. The zero-order valence-electron chi connectivity index (χ0n) is 27.9. The normalized spacial score (nSPS) is 17.7. The highest BCUT2D eigenvalue weighted by Gasteiger charge is 2.42. The van der Waals surface area contributed by atoms with E-state index in [4.69, 9.17) is 9.47 Å². The number of nitrogens with one attached hydrogen (secondary N) is 1. The lowest BCUT2D eigenvalue weighted by molar-refractivity contribution is -0.184. The number of carbonyl (C=O) groups excluding carboxylic acids is 1. The number of alkyl carbamates (subject to hydrolysis) is 1. The third-order valence-corrected chi connectivity index (χ3v) is 9.50. The number of rotatable bonds is 11. The van der Waals surface area contributed by atoms with Crippen LogP contribution in [0.4, 0.5) is 18.0 Å². The summed E-state index contributed by atoms with van der Waals surface area (Å²) < 4.78 is 53.9. The van der Waals surface area contributed by atoms with Gasteiger partial charge in [0.05, 0.1) is 11.9 Å². The minimum Gasteiger partial charge on any atom is -0.486 e. The number of hydrogen-bond acceptors (Lipinski definition) is 9. The first-order valence-corrected chi connectivity index (χ1v) is 17.4. The highest BCUT2D eigenvalue weighted by Crippen LogP contribution is 2.31. The molecule has 1 aliphatic carbocycles. The summed E-state index contributed by atoms with van der Waals surface area (Å²) in [5.74, 6) is 5.69. The van der Waals surface area contributed by atoms with Crippen molar-refractivity contribution in [2.75, 3.05) is 39.3 Å². The molecule has 10 nitrogen and oxygen atoms in total. The Morgan fingerprint density at radius 1 is 1.16 bits per heavy atom. The number of nitrogens with zero attached hydrogens (tertiary/aromatic N) is 6. The first kappa shape index (κ1) is 36.2. The number of amides is 1. The Kier molecular flexibility index (Phi) is 12.6. The zero-order chi connectivity index (χ0) is 34.8. The Morgan fingerprint density at radius 3 is 2.65 bits per heavy atom. The molecule has 1 amide bonds. The predicted molar refractivity (Wildman–Crippen MR) is 182 cm³/mol. The second-order valence-corrected chi connectivity index (χ2v) is 13.4. The van der Waals surface area contributed by atoms with Crippen LogP contribution < -0.4 is 10.1 Å². The molecule has 1 aromatic carbocycles. The monoisotopic (exact) mass is 697 g/mol. The van der Waals surface area contributed by atoms with Crippen LogP contribution in [-0.2, 0) is 11.3 Å². The fourth-order valence-electron chi connectivity index (χ4n) is 5.53. The molecule has 1 saturated heterocycles. The number of hydrogen-bond donors (Lipinski definition) is 1. The van der Waals surface area contributed by atoms with E-state index in [9.17, 15) is 18.0 Å². The number of aryl methyl sites for hydroxylation is 1. The van der Waals surface area contributed by atoms with Gasteiger partial charge in [-0.25, -0.2) is 4.79 Å². The van der Waals surface area contributed by atoms with E-state index in [-0.39, 0.29) is 13.2 Å². The molecule has 14 heteroatoms. The van der Waals surface area contributed by atoms with E-state index in [0.717, 1.165) is 56.3 Å². The van der Waals surface area contributed by atoms with Crippen LogP contribution in [0.15, 0.2) is 60.0 Å². The molecule has 0 bridgehead atoms. The zero-order valence-corrected chi connectivity index (χ0v) is 28.8. The minimum absolute atomic E-state index is 0.0979. The molecule has 2 atom stereocenters. The van der Waals surface area contributed by atoms with E-state index in [1.807, 2.05) is 16.7 Å². The maximum Gasteiger partial charge on any atom is 0.437 e. The van der Waals surface area contributed by atoms with Crippen LogP contribution in [0.5, 0.6) is 5.75 Å². The third kappa shape index (κ3) is 10.5. The summed E-state index contributed by atoms with van der Waals surface area (Å²) >= 11 is 1.64. The van der Waals surface area contributed by atoms with Crippen molar-refractivity contribution in [1.29, 1.82) is 0 Å². The van der Waals surface area contributed by atoms with Gasteiger partial charge in [-0.05, 0) is 81.8 Å². The number of piperazine rings is 1. The summed E-state index contributed by atoms with van der Waals surface area (Å²) in [7, 11) is 0. The highest BCUT2D eigenvalue weighted by molar-refractivity contribution is 7.99. The first-order valence-electron chi connectivity index (χ1n) is 16.5. The molecule has 3 heterocycles. The molecular weight excluding hydrogens is 655 g/mol. The SMILES string of the molecule is Cc1cc(OCc2nnc(SC3C=CCCC3)n2-c2cccnc2)ccc1C#CC(OC(=O)NCCN1CCN(C(C)C)CC1)C(F)(F)F. The van der Waals surface area contributed by atoms with Gasteiger partial charge in [0.1, 0.15) is 12.4 Å². The Balaban J connectivity index is 1.18. The van der Waals surface area contributed by atoms with E-state index in [1.165, 1.54) is 0 Å². The Hall–Kier alpha value is -4.06. The number of benzene rings is 1. The Morgan fingerprint density at radius 2 is 1.98 bits per heavy atom. The molecular formula is C35H42F3N7O3S. The van der Waals surface area contributed by atoms with Crippen molar-refractivity contribution >= 4 is 17.9 Å². The number of alkyl halides is 3. The van der Waals surface area contributed by atoms with Crippen LogP contribution in [0.25, 0.3) is 5.69 Å². The lowest BCUT2D eigenvalue weighted by Crippen LogP contribution is -2.50. The Labute approximate surface area is 289 Å². The van der Waals surface area contributed by atoms with Crippen LogP contribution in [0.3, 0.4) is 0 Å². The number of carbonyl (C=O) groups is 1. The van der Waals surface area contributed by atoms with E-state index < -0.39 is 18.4 Å². The summed E-state index contributed by atoms with van der Waals surface area (Å²) in [6.07, 6.45) is 2.51. The molecule has 49 heavy (non-hydrogen) atoms. The topological polar surface area (TPSA) is 97.6 Å². The Bertz CT molecular complexity index is 1630. The number of aromatic nitrogens is 4. The second kappa shape index (κ2) is 17.0. The third-order valence-electron chi connectivity index (χ3n) is 8.33. The van der Waals surface area contributed by atoms with E-state index in [0.29, 0.717) is 40.5 Å². The van der Waals surface area contributed by atoms with Crippen LogP contribution in [-0.4, -0.2) is 98.5 Å². The largest absolute Gasteiger partial charge is 0.486 e. The molecule has 0 radical (unpaired) electrons. The van der Waals surface area contributed by atoms with Crippen LogP contribution in [0, 0.1) is 18.8 Å². The van der Waals surface area contributed by atoms with Gasteiger partial charge in [0.2, 0.25) is 0 Å². The highest BCUT2D eigenvalue weighted by atomic mass is 32.2. The van der Waals surface area contributed by atoms with Gasteiger partial charge in [-0.1, -0.05) is 29.8 Å². The van der Waals surface area contributed by atoms with Crippen molar-refractivity contribution in [2.24, 2.45) is 0 Å². The van der Waals surface area contributed by atoms with Crippen molar-refractivity contribution in [3.05, 3.63) is 71.8 Å². The molecule has 5 rings (SSSR count). The number of halogens is 3. The van der Waals surface area contributed by atoms with Gasteiger partial charge in [0.15, 0.2) is 11.0 Å². The van der Waals surface area contributed by atoms with Crippen LogP contribution >= 0.6 is 11.8 Å². The molecule has 2 aromatic heterocycles. The van der Waals surface area contributed by atoms with Gasteiger partial charge in [0.25, 0.3) is 6.10 Å². The van der Waals surface area contributed by atoms with Gasteiger partial charge in [0, 0.05) is 62.3 Å².